The van der Waals surface area contributed by atoms with Gasteiger partial charge in [-0.2, -0.15) is 5.10 Å². The van der Waals surface area contributed by atoms with Crippen LogP contribution in [-0.2, 0) is 16.1 Å². The van der Waals surface area contributed by atoms with Crippen LogP contribution in [0.4, 0.5) is 5.82 Å². The fourth-order valence-electron chi connectivity index (χ4n) is 4.23. The Morgan fingerprint density at radius 3 is 2.49 bits per heavy atom. The van der Waals surface area contributed by atoms with E-state index >= 15 is 0 Å². The Kier molecular flexibility index (Phi) is 6.38. The van der Waals surface area contributed by atoms with E-state index in [4.69, 9.17) is 9.72 Å². The number of amides is 1. The molecule has 3 aromatic heterocycles. The number of rotatable bonds is 6. The van der Waals surface area contributed by atoms with E-state index < -0.39 is 5.97 Å². The van der Waals surface area contributed by atoms with Crippen molar-refractivity contribution in [2.75, 3.05) is 37.7 Å². The van der Waals surface area contributed by atoms with Crippen molar-refractivity contribution in [3.63, 3.8) is 0 Å². The van der Waals surface area contributed by atoms with Crippen LogP contribution in [0, 0.1) is 0 Å². The number of hydrogen-bond acceptors (Lipinski definition) is 7. The smallest absolute Gasteiger partial charge is 0.339 e. The summed E-state index contributed by atoms with van der Waals surface area (Å²) in [5.74, 6) is 0.122. The number of benzene rings is 1. The Bertz CT molecular complexity index is 1330. The zero-order chi connectivity index (χ0) is 24.2. The van der Waals surface area contributed by atoms with Gasteiger partial charge in [-0.05, 0) is 25.1 Å². The number of fused-ring (bicyclic) bond motifs is 1. The molecule has 0 bridgehead atoms. The molecule has 0 unspecified atom stereocenters. The number of esters is 1. The maximum Gasteiger partial charge on any atom is 0.339 e. The third kappa shape index (κ3) is 4.70. The van der Waals surface area contributed by atoms with Crippen LogP contribution in [-0.4, -0.2) is 69.3 Å². The monoisotopic (exact) mass is 470 g/mol. The van der Waals surface area contributed by atoms with E-state index in [1.165, 1.54) is 0 Å². The van der Waals surface area contributed by atoms with Crippen LogP contribution in [0.25, 0.3) is 22.3 Å². The second-order valence-corrected chi connectivity index (χ2v) is 8.25. The van der Waals surface area contributed by atoms with Crippen LogP contribution in [0.3, 0.4) is 0 Å². The van der Waals surface area contributed by atoms with Gasteiger partial charge >= 0.3 is 5.97 Å². The number of aromatic nitrogens is 4. The number of carbonyl (C=O) groups is 2. The summed E-state index contributed by atoms with van der Waals surface area (Å²) in [5.41, 5.74) is 2.49. The minimum Gasteiger partial charge on any atom is -0.452 e. The highest BCUT2D eigenvalue weighted by atomic mass is 16.5. The Labute approximate surface area is 203 Å². The number of ether oxygens (including phenoxy) is 1. The highest BCUT2D eigenvalue weighted by Gasteiger charge is 2.24. The fraction of sp³-hybridized carbons (Fsp3) is 0.269. The van der Waals surface area contributed by atoms with Crippen LogP contribution < -0.4 is 4.90 Å². The third-order valence-corrected chi connectivity index (χ3v) is 6.13. The molecule has 0 saturated carbocycles. The van der Waals surface area contributed by atoms with Gasteiger partial charge in [0.05, 0.1) is 22.8 Å². The SMILES string of the molecule is CCn1ncc2c(C(=O)OCC(=O)N3CCN(c4ccccn4)CC3)cc(-c3ccccc3)nc21. The van der Waals surface area contributed by atoms with Crippen LogP contribution in [0.2, 0.25) is 0 Å². The van der Waals surface area contributed by atoms with Gasteiger partial charge in [-0.15, -0.1) is 0 Å². The fourth-order valence-corrected chi connectivity index (χ4v) is 4.23. The van der Waals surface area contributed by atoms with Gasteiger partial charge in [0.2, 0.25) is 0 Å². The minimum atomic E-state index is -0.564. The highest BCUT2D eigenvalue weighted by Crippen LogP contribution is 2.25. The molecule has 0 N–H and O–H groups in total. The molecule has 1 saturated heterocycles. The van der Waals surface area contributed by atoms with Gasteiger partial charge in [-0.25, -0.2) is 19.4 Å². The quantitative estimate of drug-likeness (QED) is 0.400. The standard InChI is InChI=1S/C26H26N6O3/c1-2-32-25-21(17-28-32)20(16-22(29-25)19-8-4-3-5-9-19)26(34)35-18-24(33)31-14-12-30(13-15-31)23-10-6-7-11-27-23/h3-11,16-17H,2,12-15,18H2,1H3. The van der Waals surface area contributed by atoms with Crippen molar-refractivity contribution >= 4 is 28.7 Å². The Morgan fingerprint density at radius 1 is 1.00 bits per heavy atom. The summed E-state index contributed by atoms with van der Waals surface area (Å²) in [5, 5.41) is 4.96. The molecule has 0 atom stereocenters. The molecule has 1 aliphatic rings. The van der Waals surface area contributed by atoms with E-state index in [9.17, 15) is 9.59 Å². The Morgan fingerprint density at radius 2 is 1.77 bits per heavy atom. The maximum absolute atomic E-state index is 13.1. The summed E-state index contributed by atoms with van der Waals surface area (Å²) in [7, 11) is 0. The second-order valence-electron chi connectivity index (χ2n) is 8.25. The van der Waals surface area contributed by atoms with Gasteiger partial charge in [0.1, 0.15) is 5.82 Å². The molecule has 1 aliphatic heterocycles. The van der Waals surface area contributed by atoms with Gasteiger partial charge < -0.3 is 14.5 Å². The largest absolute Gasteiger partial charge is 0.452 e. The van der Waals surface area contributed by atoms with Gasteiger partial charge in [0.15, 0.2) is 12.3 Å². The molecule has 0 radical (unpaired) electrons. The molecule has 4 aromatic rings. The summed E-state index contributed by atoms with van der Waals surface area (Å²) in [4.78, 5) is 38.8. The molecule has 1 aromatic carbocycles. The molecular formula is C26H26N6O3. The number of hydrogen-bond donors (Lipinski definition) is 0. The van der Waals surface area contributed by atoms with Crippen molar-refractivity contribution in [3.05, 3.63) is 72.6 Å². The highest BCUT2D eigenvalue weighted by molar-refractivity contribution is 6.04. The average Bonchev–Trinajstić information content (AvgIpc) is 3.35. The molecule has 0 spiro atoms. The number of piperazine rings is 1. The van der Waals surface area contributed by atoms with Gasteiger partial charge in [0.25, 0.3) is 5.91 Å². The van der Waals surface area contributed by atoms with Crippen molar-refractivity contribution in [1.29, 1.82) is 0 Å². The molecule has 4 heterocycles. The first-order valence-corrected chi connectivity index (χ1v) is 11.7. The first kappa shape index (κ1) is 22.5. The van der Waals surface area contributed by atoms with Crippen LogP contribution >= 0.6 is 0 Å². The summed E-state index contributed by atoms with van der Waals surface area (Å²) in [6.07, 6.45) is 3.38. The molecule has 1 amide bonds. The average molecular weight is 471 g/mol. The van der Waals surface area contributed by atoms with Crippen molar-refractivity contribution in [3.8, 4) is 11.3 Å². The van der Waals surface area contributed by atoms with E-state index in [1.54, 1.807) is 28.0 Å². The first-order chi connectivity index (χ1) is 17.1. The molecule has 9 nitrogen and oxygen atoms in total. The first-order valence-electron chi connectivity index (χ1n) is 11.7. The third-order valence-electron chi connectivity index (χ3n) is 6.13. The molecule has 0 aliphatic carbocycles. The van der Waals surface area contributed by atoms with Crippen molar-refractivity contribution in [2.45, 2.75) is 13.5 Å². The van der Waals surface area contributed by atoms with E-state index in [0.29, 0.717) is 55.0 Å². The maximum atomic E-state index is 13.1. The predicted molar refractivity (Wildman–Crippen MR) is 132 cm³/mol. The minimum absolute atomic E-state index is 0.211. The van der Waals surface area contributed by atoms with Gasteiger partial charge in [-0.3, -0.25) is 4.79 Å². The lowest BCUT2D eigenvalue weighted by atomic mass is 10.1. The normalized spacial score (nSPS) is 13.7. The predicted octanol–water partition coefficient (Wildman–Crippen LogP) is 3.02. The number of anilines is 1. The zero-order valence-electron chi connectivity index (χ0n) is 19.5. The molecule has 5 rings (SSSR count). The van der Waals surface area contributed by atoms with Crippen molar-refractivity contribution in [2.24, 2.45) is 0 Å². The number of aryl methyl sites for hydroxylation is 1. The lowest BCUT2D eigenvalue weighted by Gasteiger charge is -2.35. The van der Waals surface area contributed by atoms with Crippen molar-refractivity contribution < 1.29 is 14.3 Å². The second kappa shape index (κ2) is 9.92. The molecular weight excluding hydrogens is 444 g/mol. The molecule has 1 fully saturated rings. The lowest BCUT2D eigenvalue weighted by molar-refractivity contribution is -0.134. The Balaban J connectivity index is 1.28. The number of nitrogens with zero attached hydrogens (tertiary/aromatic N) is 6. The topological polar surface area (TPSA) is 93.5 Å². The molecule has 9 heteroatoms. The summed E-state index contributed by atoms with van der Waals surface area (Å²) < 4.78 is 7.22. The van der Waals surface area contributed by atoms with E-state index in [2.05, 4.69) is 15.0 Å². The summed E-state index contributed by atoms with van der Waals surface area (Å²) >= 11 is 0. The number of pyridine rings is 2. The van der Waals surface area contributed by atoms with Crippen molar-refractivity contribution in [1.82, 2.24) is 24.6 Å². The van der Waals surface area contributed by atoms with E-state index in [1.807, 2.05) is 55.5 Å². The summed E-state index contributed by atoms with van der Waals surface area (Å²) in [6.45, 7) is 4.73. The van der Waals surface area contributed by atoms with Gasteiger partial charge in [-0.1, -0.05) is 36.4 Å². The van der Waals surface area contributed by atoms with Crippen LogP contribution in [0.15, 0.2) is 67.0 Å². The lowest BCUT2D eigenvalue weighted by Crippen LogP contribution is -2.50. The van der Waals surface area contributed by atoms with Crippen LogP contribution in [0.1, 0.15) is 17.3 Å². The molecule has 35 heavy (non-hydrogen) atoms. The summed E-state index contributed by atoms with van der Waals surface area (Å²) in [6, 6.07) is 17.1. The van der Waals surface area contributed by atoms with E-state index in [0.717, 1.165) is 11.4 Å². The zero-order valence-corrected chi connectivity index (χ0v) is 19.5. The Hall–Kier alpha value is -4.27. The van der Waals surface area contributed by atoms with Crippen LogP contribution in [0.5, 0.6) is 0 Å². The van der Waals surface area contributed by atoms with E-state index in [-0.39, 0.29) is 12.5 Å². The molecule has 178 valence electrons. The van der Waals surface area contributed by atoms with Gasteiger partial charge in [0, 0.05) is 44.5 Å². The number of carbonyl (C=O) groups excluding carboxylic acids is 2.